The van der Waals surface area contributed by atoms with E-state index in [1.165, 1.54) is 11.9 Å². The molecule has 1 aliphatic rings. The second-order valence-electron chi connectivity index (χ2n) is 7.00. The van der Waals surface area contributed by atoms with Crippen LogP contribution >= 0.6 is 0 Å². The van der Waals surface area contributed by atoms with Gasteiger partial charge in [0, 0.05) is 5.69 Å². The van der Waals surface area contributed by atoms with E-state index in [4.69, 9.17) is 4.74 Å². The van der Waals surface area contributed by atoms with Crippen LogP contribution in [0.3, 0.4) is 0 Å². The Balaban J connectivity index is 1.42. The zero-order valence-corrected chi connectivity index (χ0v) is 16.2. The first-order valence-corrected chi connectivity index (χ1v) is 9.29. The predicted octanol–water partition coefficient (Wildman–Crippen LogP) is 2.84. The van der Waals surface area contributed by atoms with E-state index in [1.54, 1.807) is 10.7 Å². The van der Waals surface area contributed by atoms with Gasteiger partial charge in [-0.3, -0.25) is 14.9 Å². The summed E-state index contributed by atoms with van der Waals surface area (Å²) >= 11 is 0. The molecule has 0 bridgehead atoms. The summed E-state index contributed by atoms with van der Waals surface area (Å²) in [5.74, 6) is 0.611. The van der Waals surface area contributed by atoms with Crippen LogP contribution in [0.1, 0.15) is 29.2 Å². The summed E-state index contributed by atoms with van der Waals surface area (Å²) in [5, 5.41) is 9.72. The van der Waals surface area contributed by atoms with Gasteiger partial charge in [0.1, 0.15) is 12.1 Å². The lowest BCUT2D eigenvalue weighted by Gasteiger charge is -2.24. The zero-order chi connectivity index (χ0) is 20.4. The van der Waals surface area contributed by atoms with E-state index in [9.17, 15) is 9.59 Å². The van der Waals surface area contributed by atoms with Crippen molar-refractivity contribution >= 4 is 23.5 Å². The number of amides is 2. The molecule has 0 aliphatic carbocycles. The monoisotopic (exact) mass is 391 g/mol. The van der Waals surface area contributed by atoms with Crippen molar-refractivity contribution in [2.45, 2.75) is 26.3 Å². The molecule has 0 saturated heterocycles. The van der Waals surface area contributed by atoms with Gasteiger partial charge in [-0.05, 0) is 54.8 Å². The van der Waals surface area contributed by atoms with Crippen molar-refractivity contribution in [1.29, 1.82) is 0 Å². The van der Waals surface area contributed by atoms with Crippen molar-refractivity contribution < 1.29 is 14.3 Å². The number of fused-ring (bicyclic) bond motifs is 1. The largest absolute Gasteiger partial charge is 0.484 e. The molecule has 1 aromatic heterocycles. The Bertz CT molecular complexity index is 1080. The predicted molar refractivity (Wildman–Crippen MR) is 108 cm³/mol. The highest BCUT2D eigenvalue weighted by molar-refractivity contribution is 5.92. The molecule has 29 heavy (non-hydrogen) atoms. The highest BCUT2D eigenvalue weighted by atomic mass is 16.5. The van der Waals surface area contributed by atoms with Crippen molar-refractivity contribution in [2.24, 2.45) is 0 Å². The molecule has 0 spiro atoms. The normalized spacial score (nSPS) is 15.4. The van der Waals surface area contributed by atoms with Crippen LogP contribution in [0, 0.1) is 13.8 Å². The number of benzene rings is 2. The Labute approximate surface area is 167 Å². The van der Waals surface area contributed by atoms with Gasteiger partial charge in [-0.1, -0.05) is 18.2 Å². The van der Waals surface area contributed by atoms with Crippen molar-refractivity contribution in [3.63, 3.8) is 0 Å². The minimum absolute atomic E-state index is 0.115. The minimum atomic E-state index is -0.269. The second kappa shape index (κ2) is 7.75. The van der Waals surface area contributed by atoms with Gasteiger partial charge < -0.3 is 10.1 Å². The van der Waals surface area contributed by atoms with Gasteiger partial charge >= 0.3 is 0 Å². The highest BCUT2D eigenvalue weighted by Crippen LogP contribution is 2.30. The first kappa shape index (κ1) is 18.7. The summed E-state index contributed by atoms with van der Waals surface area (Å²) in [5.41, 5.74) is 3.88. The number of aromatic nitrogens is 3. The summed E-state index contributed by atoms with van der Waals surface area (Å²) in [6.45, 7) is 3.91. The number of aryl methyl sites for hydroxylation is 2. The Morgan fingerprint density at radius 1 is 1.24 bits per heavy atom. The van der Waals surface area contributed by atoms with Gasteiger partial charge in [-0.2, -0.15) is 10.1 Å². The number of rotatable bonds is 5. The molecule has 1 atom stereocenters. The van der Waals surface area contributed by atoms with Crippen LogP contribution in [0.25, 0.3) is 0 Å². The topological polar surface area (TPSA) is 98.1 Å². The molecule has 0 fully saturated rings. The molecule has 4 rings (SSSR count). The van der Waals surface area contributed by atoms with E-state index >= 15 is 0 Å². The van der Waals surface area contributed by atoms with Crippen molar-refractivity contribution in [2.75, 3.05) is 17.2 Å². The number of anilines is 2. The lowest BCUT2D eigenvalue weighted by molar-refractivity contribution is -0.118. The fraction of sp³-hybridized carbons (Fsp3) is 0.238. The van der Waals surface area contributed by atoms with E-state index in [-0.39, 0.29) is 30.9 Å². The number of hydrogen-bond acceptors (Lipinski definition) is 5. The van der Waals surface area contributed by atoms with Crippen LogP contribution in [-0.4, -0.2) is 33.2 Å². The molecule has 0 radical (unpaired) electrons. The molecule has 148 valence electrons. The van der Waals surface area contributed by atoms with Gasteiger partial charge in [-0.15, -0.1) is 0 Å². The second-order valence-corrected chi connectivity index (χ2v) is 7.00. The van der Waals surface area contributed by atoms with Gasteiger partial charge in [-0.25, -0.2) is 4.68 Å². The molecule has 8 heteroatoms. The van der Waals surface area contributed by atoms with Crippen LogP contribution < -0.4 is 15.4 Å². The smallest absolute Gasteiger partial charge is 0.262 e. The van der Waals surface area contributed by atoms with E-state index in [2.05, 4.69) is 20.7 Å². The molecular formula is C21H21N5O3. The highest BCUT2D eigenvalue weighted by Gasteiger charge is 2.27. The number of hydrogen-bond donors (Lipinski definition) is 2. The maximum atomic E-state index is 12.2. The fourth-order valence-electron chi connectivity index (χ4n) is 3.24. The Kier molecular flexibility index (Phi) is 4.99. The third-order valence-corrected chi connectivity index (χ3v) is 4.90. The van der Waals surface area contributed by atoms with Crippen molar-refractivity contribution in [3.8, 4) is 5.75 Å². The lowest BCUT2D eigenvalue weighted by Crippen LogP contribution is -2.29. The fourth-order valence-corrected chi connectivity index (χ4v) is 3.24. The van der Waals surface area contributed by atoms with E-state index < -0.39 is 0 Å². The summed E-state index contributed by atoms with van der Waals surface area (Å²) in [7, 11) is 0. The number of carbonyl (C=O) groups excluding carboxylic acids is 2. The quantitative estimate of drug-likeness (QED) is 0.697. The Morgan fingerprint density at radius 3 is 2.93 bits per heavy atom. The standard InChI is InChI=1S/C21H21N5O3/c1-13-6-7-16(8-14(13)2)24-20(28)11-29-17-5-3-4-15(9-17)18-10-19(27)25-21-22-12-23-26(18)21/h3-9,12,18H,10-11H2,1-2H3,(H,24,28)(H,22,23,25,27)/t18-/m0/s1. The number of carbonyl (C=O) groups is 2. The summed E-state index contributed by atoms with van der Waals surface area (Å²) in [6.07, 6.45) is 1.67. The third-order valence-electron chi connectivity index (χ3n) is 4.90. The van der Waals surface area contributed by atoms with Crippen LogP contribution in [-0.2, 0) is 9.59 Å². The molecule has 8 nitrogen and oxygen atoms in total. The van der Waals surface area contributed by atoms with Gasteiger partial charge in [0.15, 0.2) is 6.61 Å². The SMILES string of the molecule is Cc1ccc(NC(=O)COc2cccc([C@@H]3CC(=O)Nc4ncnn43)c2)cc1C. The number of ether oxygens (including phenoxy) is 1. The van der Waals surface area contributed by atoms with Gasteiger partial charge in [0.2, 0.25) is 11.9 Å². The molecule has 0 unspecified atom stereocenters. The van der Waals surface area contributed by atoms with Crippen LogP contribution in [0.2, 0.25) is 0 Å². The molecule has 2 amide bonds. The Morgan fingerprint density at radius 2 is 2.10 bits per heavy atom. The lowest BCUT2D eigenvalue weighted by atomic mass is 10.0. The van der Waals surface area contributed by atoms with Gasteiger partial charge in [0.25, 0.3) is 5.91 Å². The van der Waals surface area contributed by atoms with E-state index in [1.807, 2.05) is 50.2 Å². The minimum Gasteiger partial charge on any atom is -0.484 e. The molecule has 2 aromatic carbocycles. The number of nitrogens with one attached hydrogen (secondary N) is 2. The molecule has 3 aromatic rings. The average Bonchev–Trinajstić information content (AvgIpc) is 3.17. The summed E-state index contributed by atoms with van der Waals surface area (Å²) in [4.78, 5) is 28.2. The molecular weight excluding hydrogens is 370 g/mol. The molecule has 0 saturated carbocycles. The van der Waals surface area contributed by atoms with Crippen molar-refractivity contribution in [1.82, 2.24) is 14.8 Å². The van der Waals surface area contributed by atoms with Gasteiger partial charge in [0.05, 0.1) is 12.5 Å². The van der Waals surface area contributed by atoms with Crippen LogP contribution in [0.5, 0.6) is 5.75 Å². The maximum Gasteiger partial charge on any atom is 0.262 e. The molecule has 2 N–H and O–H groups in total. The molecule has 2 heterocycles. The zero-order valence-electron chi connectivity index (χ0n) is 16.2. The average molecular weight is 391 g/mol. The van der Waals surface area contributed by atoms with E-state index in [0.717, 1.165) is 16.8 Å². The summed E-state index contributed by atoms with van der Waals surface area (Å²) in [6, 6.07) is 12.8. The number of nitrogens with zero attached hydrogens (tertiary/aromatic N) is 3. The van der Waals surface area contributed by atoms with Crippen LogP contribution in [0.4, 0.5) is 11.6 Å². The van der Waals surface area contributed by atoms with E-state index in [0.29, 0.717) is 11.7 Å². The van der Waals surface area contributed by atoms with Crippen molar-refractivity contribution in [3.05, 3.63) is 65.5 Å². The third kappa shape index (κ3) is 4.11. The first-order chi connectivity index (χ1) is 14.0. The summed E-state index contributed by atoms with van der Waals surface area (Å²) < 4.78 is 7.34. The molecule has 1 aliphatic heterocycles. The first-order valence-electron chi connectivity index (χ1n) is 9.29. The van der Waals surface area contributed by atoms with Crippen LogP contribution in [0.15, 0.2) is 48.8 Å². The Hall–Kier alpha value is -3.68. The maximum absolute atomic E-state index is 12.2.